The first-order valence-corrected chi connectivity index (χ1v) is 13.0. The monoisotopic (exact) mass is 542 g/mol. The number of ether oxygens (including phenoxy) is 2. The molecule has 0 bridgehead atoms. The van der Waals surface area contributed by atoms with Gasteiger partial charge in [-0.25, -0.2) is 4.39 Å². The number of hydrogen-bond donors (Lipinski definition) is 1. The van der Waals surface area contributed by atoms with Gasteiger partial charge in [0, 0.05) is 25.1 Å². The second-order valence-corrected chi connectivity index (χ2v) is 9.53. The Bertz CT molecular complexity index is 1410. The fraction of sp³-hybridized carbons (Fsp3) is 0.281. The Hall–Kier alpha value is -4.48. The van der Waals surface area contributed by atoms with Gasteiger partial charge in [-0.15, -0.1) is 0 Å². The number of rotatable bonds is 9. The number of anilines is 1. The topological polar surface area (TPSA) is 84.9 Å². The van der Waals surface area contributed by atoms with Crippen molar-refractivity contribution >= 4 is 23.5 Å². The molecule has 4 rings (SSSR count). The molecule has 0 aliphatic carbocycles. The Morgan fingerprint density at radius 2 is 1.65 bits per heavy atom. The number of halogens is 1. The van der Waals surface area contributed by atoms with Crippen molar-refractivity contribution in [2.24, 2.45) is 5.92 Å². The van der Waals surface area contributed by atoms with Crippen molar-refractivity contribution in [1.82, 2.24) is 5.32 Å². The summed E-state index contributed by atoms with van der Waals surface area (Å²) < 4.78 is 24.2. The maximum Gasteiger partial charge on any atom is 0.308 e. The zero-order chi connectivity index (χ0) is 28.6. The standard InChI is InChI=1S/C32H31FN2O5/c1-21(36)39-28-16-10-25(11-17-28)31-29(18-19-30(40-22(2)37)24-8-12-26(33)13-9-24)32(38)35(31)27-14-6-23(7-15-27)5-4-20-34-3/h6-17,29-31,34H,18-20H2,1-3H3/t29?,30-,31+/m0/s1. The molecule has 1 N–H and O–H groups in total. The second-order valence-electron chi connectivity index (χ2n) is 9.53. The average molecular weight is 543 g/mol. The van der Waals surface area contributed by atoms with Gasteiger partial charge in [-0.3, -0.25) is 14.4 Å². The predicted molar refractivity (Wildman–Crippen MR) is 149 cm³/mol. The Labute approximate surface area is 233 Å². The van der Waals surface area contributed by atoms with Crippen LogP contribution in [0.4, 0.5) is 10.1 Å². The summed E-state index contributed by atoms with van der Waals surface area (Å²) in [5.74, 6) is 4.83. The first-order valence-electron chi connectivity index (χ1n) is 13.0. The number of carbonyl (C=O) groups excluding carboxylic acids is 3. The lowest BCUT2D eigenvalue weighted by molar-refractivity contribution is -0.147. The first-order chi connectivity index (χ1) is 19.3. The highest BCUT2D eigenvalue weighted by atomic mass is 19.1. The molecule has 1 aliphatic heterocycles. The van der Waals surface area contributed by atoms with Crippen molar-refractivity contribution in [3.63, 3.8) is 0 Å². The lowest BCUT2D eigenvalue weighted by Crippen LogP contribution is -2.55. The summed E-state index contributed by atoms with van der Waals surface area (Å²) in [4.78, 5) is 38.4. The number of nitrogens with zero attached hydrogens (tertiary/aromatic N) is 1. The smallest absolute Gasteiger partial charge is 0.308 e. The Morgan fingerprint density at radius 3 is 2.25 bits per heavy atom. The van der Waals surface area contributed by atoms with Crippen LogP contribution in [0.25, 0.3) is 0 Å². The van der Waals surface area contributed by atoms with Gasteiger partial charge in [-0.05, 0) is 79.5 Å². The summed E-state index contributed by atoms with van der Waals surface area (Å²) in [5.41, 5.74) is 3.13. The van der Waals surface area contributed by atoms with E-state index in [4.69, 9.17) is 9.47 Å². The number of benzene rings is 3. The molecule has 1 fully saturated rings. The zero-order valence-corrected chi connectivity index (χ0v) is 22.6. The fourth-order valence-electron chi connectivity index (χ4n) is 4.84. The van der Waals surface area contributed by atoms with Crippen LogP contribution in [0.3, 0.4) is 0 Å². The number of nitrogens with one attached hydrogen (secondary N) is 1. The van der Waals surface area contributed by atoms with Crippen molar-refractivity contribution in [3.05, 3.63) is 95.3 Å². The molecule has 1 heterocycles. The van der Waals surface area contributed by atoms with Crippen LogP contribution < -0.4 is 15.0 Å². The lowest BCUT2D eigenvalue weighted by Gasteiger charge is -2.48. The number of esters is 2. The Morgan fingerprint density at radius 1 is 0.975 bits per heavy atom. The van der Waals surface area contributed by atoms with Gasteiger partial charge in [0.1, 0.15) is 17.7 Å². The van der Waals surface area contributed by atoms with E-state index in [9.17, 15) is 18.8 Å². The summed E-state index contributed by atoms with van der Waals surface area (Å²) in [6.07, 6.45) is 0.217. The van der Waals surface area contributed by atoms with Crippen molar-refractivity contribution in [3.8, 4) is 17.6 Å². The fourth-order valence-corrected chi connectivity index (χ4v) is 4.84. The van der Waals surface area contributed by atoms with Crippen LogP contribution in [0.15, 0.2) is 72.8 Å². The van der Waals surface area contributed by atoms with E-state index < -0.39 is 18.0 Å². The van der Waals surface area contributed by atoms with E-state index in [1.807, 2.05) is 43.4 Å². The molecule has 0 aromatic heterocycles. The van der Waals surface area contributed by atoms with E-state index in [0.717, 1.165) is 16.8 Å². The third-order valence-electron chi connectivity index (χ3n) is 6.63. The van der Waals surface area contributed by atoms with Crippen LogP contribution in [0.2, 0.25) is 0 Å². The van der Waals surface area contributed by atoms with Gasteiger partial charge in [0.05, 0.1) is 18.5 Å². The maximum absolute atomic E-state index is 13.5. The molecule has 1 saturated heterocycles. The molecular formula is C32H31FN2O5. The van der Waals surface area contributed by atoms with Crippen LogP contribution in [-0.2, 0) is 19.1 Å². The number of hydrogen-bond acceptors (Lipinski definition) is 6. The number of β-lactam (4-membered cyclic amide) rings is 1. The molecule has 8 heteroatoms. The van der Waals surface area contributed by atoms with Gasteiger partial charge >= 0.3 is 11.9 Å². The van der Waals surface area contributed by atoms with Crippen LogP contribution in [-0.4, -0.2) is 31.4 Å². The van der Waals surface area contributed by atoms with Gasteiger partial charge in [-0.2, -0.15) is 0 Å². The van der Waals surface area contributed by atoms with Crippen molar-refractivity contribution in [1.29, 1.82) is 0 Å². The number of amides is 1. The van der Waals surface area contributed by atoms with E-state index in [1.165, 1.54) is 26.0 Å². The molecule has 3 aromatic rings. The molecule has 0 spiro atoms. The number of carbonyl (C=O) groups is 3. The lowest BCUT2D eigenvalue weighted by atomic mass is 9.78. The summed E-state index contributed by atoms with van der Waals surface area (Å²) >= 11 is 0. The van der Waals surface area contributed by atoms with E-state index in [-0.39, 0.29) is 23.7 Å². The van der Waals surface area contributed by atoms with Crippen LogP contribution in [0.1, 0.15) is 55.5 Å². The van der Waals surface area contributed by atoms with E-state index in [2.05, 4.69) is 17.2 Å². The largest absolute Gasteiger partial charge is 0.458 e. The van der Waals surface area contributed by atoms with Crippen molar-refractivity contribution in [2.75, 3.05) is 18.5 Å². The molecule has 40 heavy (non-hydrogen) atoms. The molecule has 0 radical (unpaired) electrons. The van der Waals surface area contributed by atoms with Gasteiger partial charge in [-0.1, -0.05) is 36.1 Å². The Balaban J connectivity index is 1.59. The quantitative estimate of drug-likeness (QED) is 0.175. The molecule has 7 nitrogen and oxygen atoms in total. The van der Waals surface area contributed by atoms with Gasteiger partial charge < -0.3 is 19.7 Å². The van der Waals surface area contributed by atoms with Gasteiger partial charge in [0.15, 0.2) is 0 Å². The van der Waals surface area contributed by atoms with Gasteiger partial charge in [0.25, 0.3) is 0 Å². The predicted octanol–water partition coefficient (Wildman–Crippen LogP) is 5.11. The van der Waals surface area contributed by atoms with E-state index >= 15 is 0 Å². The highest BCUT2D eigenvalue weighted by Gasteiger charge is 2.48. The van der Waals surface area contributed by atoms with Crippen LogP contribution in [0, 0.1) is 23.6 Å². The second kappa shape index (κ2) is 13.0. The van der Waals surface area contributed by atoms with Crippen LogP contribution >= 0.6 is 0 Å². The van der Waals surface area contributed by atoms with E-state index in [1.54, 1.807) is 29.2 Å². The SMILES string of the molecule is CNCC#Cc1ccc(N2C(=O)C(CC[C@H](OC(C)=O)c3ccc(F)cc3)[C@H]2c2ccc(OC(C)=O)cc2)cc1. The van der Waals surface area contributed by atoms with Crippen LogP contribution in [0.5, 0.6) is 5.75 Å². The summed E-state index contributed by atoms with van der Waals surface area (Å²) in [6, 6.07) is 20.1. The molecule has 1 amide bonds. The normalized spacial score (nSPS) is 16.8. The molecule has 206 valence electrons. The first kappa shape index (κ1) is 28.5. The minimum absolute atomic E-state index is 0.0521. The van der Waals surface area contributed by atoms with E-state index in [0.29, 0.717) is 30.7 Å². The minimum atomic E-state index is -0.609. The summed E-state index contributed by atoms with van der Waals surface area (Å²) in [6.45, 7) is 3.24. The highest BCUT2D eigenvalue weighted by Crippen LogP contribution is 2.46. The molecule has 1 aliphatic rings. The molecule has 3 atom stereocenters. The third kappa shape index (κ3) is 6.93. The summed E-state index contributed by atoms with van der Waals surface area (Å²) in [5, 5.41) is 2.98. The third-order valence-corrected chi connectivity index (χ3v) is 6.63. The Kier molecular flexibility index (Phi) is 9.31. The molecular weight excluding hydrogens is 511 g/mol. The molecule has 1 unspecified atom stereocenters. The maximum atomic E-state index is 13.5. The highest BCUT2D eigenvalue weighted by molar-refractivity contribution is 6.03. The zero-order valence-electron chi connectivity index (χ0n) is 22.6. The van der Waals surface area contributed by atoms with Crippen molar-refractivity contribution < 1.29 is 28.2 Å². The molecule has 0 saturated carbocycles. The van der Waals surface area contributed by atoms with Crippen molar-refractivity contribution in [2.45, 2.75) is 38.8 Å². The summed E-state index contributed by atoms with van der Waals surface area (Å²) in [7, 11) is 1.83. The minimum Gasteiger partial charge on any atom is -0.458 e. The molecule has 3 aromatic carbocycles. The average Bonchev–Trinajstić information content (AvgIpc) is 2.92. The van der Waals surface area contributed by atoms with Gasteiger partial charge in [0.2, 0.25) is 5.91 Å².